The van der Waals surface area contributed by atoms with E-state index < -0.39 is 0 Å². The first-order valence-corrected chi connectivity index (χ1v) is 8.00. The summed E-state index contributed by atoms with van der Waals surface area (Å²) in [4.78, 5) is 11.9. The third-order valence-corrected chi connectivity index (χ3v) is 4.49. The molecule has 0 spiro atoms. The number of thioether (sulfide) groups is 1. The molecule has 0 bridgehead atoms. The minimum atomic E-state index is -0.276. The third-order valence-electron chi connectivity index (χ3n) is 3.02. The van der Waals surface area contributed by atoms with Crippen LogP contribution in [0.2, 0.25) is 5.02 Å². The van der Waals surface area contributed by atoms with Gasteiger partial charge < -0.3 is 9.88 Å². The van der Waals surface area contributed by atoms with E-state index in [0.717, 1.165) is 5.56 Å². The Balaban J connectivity index is 2.16. The summed E-state index contributed by atoms with van der Waals surface area (Å²) in [5.41, 5.74) is 0.815. The fraction of sp³-hybridized carbons (Fsp3) is 0.267. The van der Waals surface area contributed by atoms with Gasteiger partial charge in [-0.25, -0.2) is 0 Å². The van der Waals surface area contributed by atoms with Crippen LogP contribution in [0.1, 0.15) is 6.92 Å². The molecule has 0 saturated heterocycles. The third kappa shape index (κ3) is 3.69. The Morgan fingerprint density at radius 3 is 2.91 bits per heavy atom. The summed E-state index contributed by atoms with van der Waals surface area (Å²) < 4.78 is 1.84. The smallest absolute Gasteiger partial charge is 0.233 e. The SMILES string of the molecule is C=CCNC(=O)[C@H](C)Sc1nnc(-c2ccccc2Cl)n1C. The normalized spacial score (nSPS) is 12.0. The van der Waals surface area contributed by atoms with Crippen LogP contribution < -0.4 is 5.32 Å². The van der Waals surface area contributed by atoms with Crippen LogP contribution in [0.15, 0.2) is 42.1 Å². The molecule has 0 aliphatic rings. The minimum Gasteiger partial charge on any atom is -0.352 e. The van der Waals surface area contributed by atoms with Crippen LogP contribution in [0, 0.1) is 0 Å². The van der Waals surface area contributed by atoms with E-state index in [1.807, 2.05) is 42.8 Å². The van der Waals surface area contributed by atoms with Crippen molar-refractivity contribution in [1.29, 1.82) is 0 Å². The zero-order valence-electron chi connectivity index (χ0n) is 12.4. The second-order valence-electron chi connectivity index (χ2n) is 4.64. The largest absolute Gasteiger partial charge is 0.352 e. The monoisotopic (exact) mass is 336 g/mol. The summed E-state index contributed by atoms with van der Waals surface area (Å²) in [7, 11) is 1.86. The van der Waals surface area contributed by atoms with E-state index in [-0.39, 0.29) is 11.2 Å². The van der Waals surface area contributed by atoms with E-state index >= 15 is 0 Å². The number of aromatic nitrogens is 3. The molecule has 1 aromatic carbocycles. The Labute approximate surface area is 138 Å². The highest BCUT2D eigenvalue weighted by Gasteiger charge is 2.19. The fourth-order valence-corrected chi connectivity index (χ4v) is 2.88. The quantitative estimate of drug-likeness (QED) is 0.651. The number of amides is 1. The predicted molar refractivity (Wildman–Crippen MR) is 90.0 cm³/mol. The molecule has 0 unspecified atom stereocenters. The molecular weight excluding hydrogens is 320 g/mol. The van der Waals surface area contributed by atoms with E-state index in [4.69, 9.17) is 11.6 Å². The van der Waals surface area contributed by atoms with Crippen LogP contribution in [0.5, 0.6) is 0 Å². The summed E-state index contributed by atoms with van der Waals surface area (Å²) >= 11 is 7.54. The van der Waals surface area contributed by atoms with E-state index in [9.17, 15) is 4.79 Å². The summed E-state index contributed by atoms with van der Waals surface area (Å²) in [5.74, 6) is 0.610. The average molecular weight is 337 g/mol. The van der Waals surface area contributed by atoms with Gasteiger partial charge in [0.2, 0.25) is 5.91 Å². The van der Waals surface area contributed by atoms with Crippen molar-refractivity contribution in [1.82, 2.24) is 20.1 Å². The van der Waals surface area contributed by atoms with Crippen molar-refractivity contribution in [3.8, 4) is 11.4 Å². The van der Waals surface area contributed by atoms with Crippen molar-refractivity contribution < 1.29 is 4.79 Å². The van der Waals surface area contributed by atoms with Crippen molar-refractivity contribution in [2.45, 2.75) is 17.3 Å². The number of hydrogen-bond acceptors (Lipinski definition) is 4. The van der Waals surface area contributed by atoms with E-state index in [1.165, 1.54) is 11.8 Å². The van der Waals surface area contributed by atoms with Crippen LogP contribution in [0.25, 0.3) is 11.4 Å². The van der Waals surface area contributed by atoms with Gasteiger partial charge >= 0.3 is 0 Å². The first kappa shape index (κ1) is 16.6. The molecule has 0 saturated carbocycles. The molecule has 1 aromatic heterocycles. The number of carbonyl (C=O) groups is 1. The lowest BCUT2D eigenvalue weighted by Gasteiger charge is -2.10. The molecule has 2 rings (SSSR count). The highest BCUT2D eigenvalue weighted by atomic mass is 35.5. The molecule has 7 heteroatoms. The molecule has 1 heterocycles. The lowest BCUT2D eigenvalue weighted by Crippen LogP contribution is -2.31. The molecule has 1 amide bonds. The summed E-state index contributed by atoms with van der Waals surface area (Å²) in [5, 5.41) is 12.1. The molecular formula is C15H17ClN4OS. The van der Waals surface area contributed by atoms with E-state index in [0.29, 0.717) is 22.5 Å². The van der Waals surface area contributed by atoms with Gasteiger partial charge in [-0.2, -0.15) is 0 Å². The Morgan fingerprint density at radius 1 is 1.50 bits per heavy atom. The highest BCUT2D eigenvalue weighted by molar-refractivity contribution is 8.00. The van der Waals surface area contributed by atoms with Crippen LogP contribution in [0.3, 0.4) is 0 Å². The first-order valence-electron chi connectivity index (χ1n) is 6.74. The zero-order chi connectivity index (χ0) is 16.1. The number of nitrogens with one attached hydrogen (secondary N) is 1. The molecule has 0 aliphatic carbocycles. The average Bonchev–Trinajstić information content (AvgIpc) is 2.86. The molecule has 0 radical (unpaired) electrons. The molecule has 1 atom stereocenters. The van der Waals surface area contributed by atoms with Gasteiger partial charge in [0.1, 0.15) is 0 Å². The molecule has 2 aromatic rings. The molecule has 0 aliphatic heterocycles. The highest BCUT2D eigenvalue weighted by Crippen LogP contribution is 2.29. The van der Waals surface area contributed by atoms with Gasteiger partial charge in [0, 0.05) is 19.2 Å². The topological polar surface area (TPSA) is 59.8 Å². The van der Waals surface area contributed by atoms with Crippen molar-refractivity contribution in [3.63, 3.8) is 0 Å². The van der Waals surface area contributed by atoms with Crippen LogP contribution in [0.4, 0.5) is 0 Å². The molecule has 22 heavy (non-hydrogen) atoms. The summed E-state index contributed by atoms with van der Waals surface area (Å²) in [6.45, 7) is 5.85. The molecule has 0 fully saturated rings. The van der Waals surface area contributed by atoms with Gasteiger partial charge in [-0.15, -0.1) is 16.8 Å². The number of hydrogen-bond donors (Lipinski definition) is 1. The Morgan fingerprint density at radius 2 is 2.23 bits per heavy atom. The van der Waals surface area contributed by atoms with Crippen molar-refractivity contribution in [3.05, 3.63) is 41.9 Å². The predicted octanol–water partition coefficient (Wildman–Crippen LogP) is 2.92. The van der Waals surface area contributed by atoms with E-state index in [1.54, 1.807) is 6.08 Å². The van der Waals surface area contributed by atoms with Gasteiger partial charge in [-0.3, -0.25) is 4.79 Å². The van der Waals surface area contributed by atoms with Gasteiger partial charge in [-0.05, 0) is 19.1 Å². The number of halogens is 1. The maximum atomic E-state index is 11.9. The maximum Gasteiger partial charge on any atom is 0.233 e. The van der Waals surface area contributed by atoms with E-state index in [2.05, 4.69) is 22.1 Å². The first-order chi connectivity index (χ1) is 10.5. The van der Waals surface area contributed by atoms with Gasteiger partial charge in [0.15, 0.2) is 11.0 Å². The van der Waals surface area contributed by atoms with Crippen LogP contribution in [-0.4, -0.2) is 32.5 Å². The van der Waals surface area contributed by atoms with Gasteiger partial charge in [-0.1, -0.05) is 41.6 Å². The molecule has 5 nitrogen and oxygen atoms in total. The minimum absolute atomic E-state index is 0.0628. The number of rotatable bonds is 6. The summed E-state index contributed by atoms with van der Waals surface area (Å²) in [6.07, 6.45) is 1.65. The summed E-state index contributed by atoms with van der Waals surface area (Å²) in [6, 6.07) is 7.46. The Bertz CT molecular complexity index is 686. The van der Waals surface area contributed by atoms with Gasteiger partial charge in [0.25, 0.3) is 0 Å². The maximum absolute atomic E-state index is 11.9. The Hall–Kier alpha value is -1.79. The van der Waals surface area contributed by atoms with Crippen LogP contribution in [-0.2, 0) is 11.8 Å². The number of carbonyl (C=O) groups excluding carboxylic acids is 1. The fourth-order valence-electron chi connectivity index (χ4n) is 1.82. The van der Waals surface area contributed by atoms with Gasteiger partial charge in [0.05, 0.1) is 10.3 Å². The van der Waals surface area contributed by atoms with Crippen molar-refractivity contribution in [2.24, 2.45) is 7.05 Å². The standard InChI is InChI=1S/C15H17ClN4OS/c1-4-9-17-14(21)10(2)22-15-19-18-13(20(15)3)11-7-5-6-8-12(11)16/h4-8,10H,1,9H2,2-3H3,(H,17,21)/t10-/m0/s1. The number of nitrogens with zero attached hydrogens (tertiary/aromatic N) is 3. The zero-order valence-corrected chi connectivity index (χ0v) is 14.0. The van der Waals surface area contributed by atoms with Crippen LogP contribution >= 0.6 is 23.4 Å². The second-order valence-corrected chi connectivity index (χ2v) is 6.35. The number of benzene rings is 1. The Kier molecular flexibility index (Phi) is 5.63. The lowest BCUT2D eigenvalue weighted by molar-refractivity contribution is -0.120. The van der Waals surface area contributed by atoms with Crippen molar-refractivity contribution in [2.75, 3.05) is 6.54 Å². The van der Waals surface area contributed by atoms with Crippen molar-refractivity contribution >= 4 is 29.3 Å². The second kappa shape index (κ2) is 7.47. The molecule has 1 N–H and O–H groups in total. The lowest BCUT2D eigenvalue weighted by atomic mass is 10.2. The molecule has 116 valence electrons.